The lowest BCUT2D eigenvalue weighted by Gasteiger charge is -2.34. The maximum atomic E-state index is 13.3. The Morgan fingerprint density at radius 3 is 2.45 bits per heavy atom. The molecule has 0 N–H and O–H groups in total. The van der Waals surface area contributed by atoms with Crippen LogP contribution in [0.1, 0.15) is 5.69 Å². The number of nitrogens with zero attached hydrogens (tertiary/aromatic N) is 7. The highest BCUT2D eigenvalue weighted by atomic mass is 32.2. The van der Waals surface area contributed by atoms with Crippen LogP contribution >= 0.6 is 0 Å². The Kier molecular flexibility index (Phi) is 4.87. The number of pyridine rings is 1. The van der Waals surface area contributed by atoms with Crippen LogP contribution in [0.25, 0.3) is 16.7 Å². The van der Waals surface area contributed by atoms with Crippen LogP contribution in [0, 0.1) is 6.92 Å². The molecule has 1 aliphatic heterocycles. The summed E-state index contributed by atoms with van der Waals surface area (Å²) in [5.74, 6) is 1.43. The van der Waals surface area contributed by atoms with E-state index in [0.717, 1.165) is 16.9 Å². The second-order valence-electron chi connectivity index (χ2n) is 7.36. The SMILES string of the molecule is Cc1ccn(-c2cc(N3CCN(S(=O)(=O)c4cccc5cccnc45)CC3)ncn2)n1. The Morgan fingerprint density at radius 1 is 0.903 bits per heavy atom. The molecule has 0 unspecified atom stereocenters. The highest BCUT2D eigenvalue weighted by Crippen LogP contribution is 2.25. The number of aromatic nitrogens is 5. The monoisotopic (exact) mass is 435 g/mol. The lowest BCUT2D eigenvalue weighted by atomic mass is 10.2. The number of rotatable bonds is 4. The molecule has 1 fully saturated rings. The summed E-state index contributed by atoms with van der Waals surface area (Å²) < 4.78 is 29.9. The predicted octanol–water partition coefficient (Wildman–Crippen LogP) is 2.03. The maximum Gasteiger partial charge on any atom is 0.245 e. The van der Waals surface area contributed by atoms with Crippen LogP contribution in [-0.4, -0.2) is 63.6 Å². The molecule has 158 valence electrons. The van der Waals surface area contributed by atoms with Crippen molar-refractivity contribution in [3.8, 4) is 5.82 Å². The van der Waals surface area contributed by atoms with Crippen LogP contribution in [0.3, 0.4) is 0 Å². The number of aryl methyl sites for hydroxylation is 1. The number of fused-ring (bicyclic) bond motifs is 1. The Morgan fingerprint density at radius 2 is 1.68 bits per heavy atom. The zero-order chi connectivity index (χ0) is 21.4. The summed E-state index contributed by atoms with van der Waals surface area (Å²) in [4.78, 5) is 15.3. The van der Waals surface area contributed by atoms with Crippen molar-refractivity contribution in [2.75, 3.05) is 31.1 Å². The number of hydrogen-bond acceptors (Lipinski definition) is 7. The minimum absolute atomic E-state index is 0.248. The molecule has 1 aliphatic rings. The highest BCUT2D eigenvalue weighted by Gasteiger charge is 2.30. The van der Waals surface area contributed by atoms with Gasteiger partial charge in [0, 0.05) is 50.0 Å². The van der Waals surface area contributed by atoms with E-state index in [1.54, 1.807) is 29.1 Å². The van der Waals surface area contributed by atoms with E-state index in [-0.39, 0.29) is 4.90 Å². The third kappa shape index (κ3) is 3.64. The molecule has 31 heavy (non-hydrogen) atoms. The van der Waals surface area contributed by atoms with Gasteiger partial charge in [-0.2, -0.15) is 9.40 Å². The number of anilines is 1. The molecule has 0 bridgehead atoms. The second-order valence-corrected chi connectivity index (χ2v) is 9.26. The highest BCUT2D eigenvalue weighted by molar-refractivity contribution is 7.89. The molecule has 9 nitrogen and oxygen atoms in total. The van der Waals surface area contributed by atoms with Crippen LogP contribution < -0.4 is 4.90 Å². The van der Waals surface area contributed by atoms with Crippen molar-refractivity contribution >= 4 is 26.7 Å². The van der Waals surface area contributed by atoms with Crippen LogP contribution in [0.2, 0.25) is 0 Å². The average molecular weight is 436 g/mol. The number of benzene rings is 1. The lowest BCUT2D eigenvalue weighted by molar-refractivity contribution is 0.384. The van der Waals surface area contributed by atoms with E-state index in [9.17, 15) is 8.42 Å². The van der Waals surface area contributed by atoms with Crippen molar-refractivity contribution in [2.24, 2.45) is 0 Å². The van der Waals surface area contributed by atoms with Gasteiger partial charge in [-0.1, -0.05) is 18.2 Å². The zero-order valence-electron chi connectivity index (χ0n) is 17.0. The number of sulfonamides is 1. The van der Waals surface area contributed by atoms with Gasteiger partial charge in [0.15, 0.2) is 5.82 Å². The number of hydrogen-bond donors (Lipinski definition) is 0. The van der Waals surface area contributed by atoms with E-state index in [4.69, 9.17) is 0 Å². The van der Waals surface area contributed by atoms with Gasteiger partial charge in [0.2, 0.25) is 10.0 Å². The van der Waals surface area contributed by atoms with Crippen LogP contribution in [0.15, 0.2) is 66.1 Å². The predicted molar refractivity (Wildman–Crippen MR) is 117 cm³/mol. The molecule has 1 saturated heterocycles. The largest absolute Gasteiger partial charge is 0.354 e. The maximum absolute atomic E-state index is 13.3. The number of para-hydroxylation sites is 1. The van der Waals surface area contributed by atoms with Crippen LogP contribution in [0.5, 0.6) is 0 Å². The molecule has 4 heterocycles. The quantitative estimate of drug-likeness (QED) is 0.484. The zero-order valence-corrected chi connectivity index (χ0v) is 17.8. The lowest BCUT2D eigenvalue weighted by Crippen LogP contribution is -2.49. The second kappa shape index (κ2) is 7.71. The van der Waals surface area contributed by atoms with Gasteiger partial charge in [0.1, 0.15) is 17.0 Å². The van der Waals surface area contributed by atoms with Crippen molar-refractivity contribution in [3.05, 3.63) is 66.9 Å². The summed E-state index contributed by atoms with van der Waals surface area (Å²) in [6, 6.07) is 12.7. The van der Waals surface area contributed by atoms with Gasteiger partial charge in [-0.3, -0.25) is 4.98 Å². The molecule has 0 spiro atoms. The minimum Gasteiger partial charge on any atom is -0.354 e. The smallest absolute Gasteiger partial charge is 0.245 e. The first-order valence-corrected chi connectivity index (χ1v) is 11.4. The molecule has 0 atom stereocenters. The number of piperazine rings is 1. The van der Waals surface area contributed by atoms with Gasteiger partial charge < -0.3 is 4.90 Å². The molecule has 0 aliphatic carbocycles. The Labute approximate surface area is 180 Å². The summed E-state index contributed by atoms with van der Waals surface area (Å²) >= 11 is 0. The van der Waals surface area contributed by atoms with E-state index in [1.807, 2.05) is 37.4 Å². The molecular formula is C21H21N7O2S. The Balaban J connectivity index is 1.36. The molecule has 5 rings (SSSR count). The third-order valence-electron chi connectivity index (χ3n) is 5.37. The Bertz CT molecular complexity index is 1340. The van der Waals surface area contributed by atoms with Gasteiger partial charge in [-0.25, -0.2) is 23.1 Å². The van der Waals surface area contributed by atoms with Crippen molar-refractivity contribution in [3.63, 3.8) is 0 Å². The van der Waals surface area contributed by atoms with Gasteiger partial charge in [0.25, 0.3) is 0 Å². The molecule has 10 heteroatoms. The van der Waals surface area contributed by atoms with Crippen LogP contribution in [-0.2, 0) is 10.0 Å². The normalized spacial score (nSPS) is 15.5. The van der Waals surface area contributed by atoms with E-state index in [0.29, 0.717) is 37.5 Å². The summed E-state index contributed by atoms with van der Waals surface area (Å²) in [7, 11) is -3.65. The van der Waals surface area contributed by atoms with Gasteiger partial charge in [0.05, 0.1) is 11.2 Å². The minimum atomic E-state index is -3.65. The molecular weight excluding hydrogens is 414 g/mol. The summed E-state index contributed by atoms with van der Waals surface area (Å²) in [6.07, 6.45) is 4.98. The molecule has 1 aromatic carbocycles. The fourth-order valence-electron chi connectivity index (χ4n) is 3.76. The molecule has 0 radical (unpaired) electrons. The van der Waals surface area contributed by atoms with E-state index in [1.165, 1.54) is 10.6 Å². The van der Waals surface area contributed by atoms with E-state index >= 15 is 0 Å². The summed E-state index contributed by atoms with van der Waals surface area (Å²) in [6.45, 7) is 3.72. The van der Waals surface area contributed by atoms with Gasteiger partial charge >= 0.3 is 0 Å². The summed E-state index contributed by atoms with van der Waals surface area (Å²) in [5.41, 5.74) is 1.41. The van der Waals surface area contributed by atoms with Crippen molar-refractivity contribution in [1.82, 2.24) is 29.0 Å². The molecule has 3 aromatic heterocycles. The van der Waals surface area contributed by atoms with E-state index in [2.05, 4.69) is 25.0 Å². The molecule has 4 aromatic rings. The fraction of sp³-hybridized carbons (Fsp3) is 0.238. The average Bonchev–Trinajstić information content (AvgIpc) is 3.25. The van der Waals surface area contributed by atoms with Crippen LogP contribution in [0.4, 0.5) is 5.82 Å². The first-order chi connectivity index (χ1) is 15.0. The van der Waals surface area contributed by atoms with Gasteiger partial charge in [-0.15, -0.1) is 0 Å². The molecule has 0 amide bonds. The topological polar surface area (TPSA) is 97.1 Å². The first kappa shape index (κ1) is 19.6. The summed E-state index contributed by atoms with van der Waals surface area (Å²) in [5, 5.41) is 5.19. The molecule has 0 saturated carbocycles. The third-order valence-corrected chi connectivity index (χ3v) is 7.30. The fourth-order valence-corrected chi connectivity index (χ4v) is 5.35. The van der Waals surface area contributed by atoms with Crippen molar-refractivity contribution in [1.29, 1.82) is 0 Å². The first-order valence-electron chi connectivity index (χ1n) is 9.96. The van der Waals surface area contributed by atoms with E-state index < -0.39 is 10.0 Å². The Hall–Kier alpha value is -3.37. The standard InChI is InChI=1S/C21H21N7O2S/c1-16-7-9-28(25-16)20-14-19(23-15-24-20)26-10-12-27(13-11-26)31(29,30)18-6-2-4-17-5-3-8-22-21(17)18/h2-9,14-15H,10-13H2,1H3. The van der Waals surface area contributed by atoms with Gasteiger partial charge in [-0.05, 0) is 25.1 Å². The van der Waals surface area contributed by atoms with Crippen molar-refractivity contribution in [2.45, 2.75) is 11.8 Å². The van der Waals surface area contributed by atoms with Crippen molar-refractivity contribution < 1.29 is 8.42 Å².